The Bertz CT molecular complexity index is 495. The highest BCUT2D eigenvalue weighted by Gasteiger charge is 2.40. The molecule has 18 heavy (non-hydrogen) atoms. The number of hydrogen-bond acceptors (Lipinski definition) is 3. The van der Waals surface area contributed by atoms with Crippen molar-refractivity contribution in [1.82, 2.24) is 0 Å². The van der Waals surface area contributed by atoms with Gasteiger partial charge in [0.25, 0.3) is 5.91 Å². The third kappa shape index (κ3) is 1.97. The molecular formula is C14H20N2O2. The van der Waals surface area contributed by atoms with Gasteiger partial charge in [-0.15, -0.1) is 0 Å². The number of ether oxygens (including phenoxy) is 1. The molecule has 2 rings (SSSR count). The van der Waals surface area contributed by atoms with Crippen LogP contribution in [0.15, 0.2) is 12.1 Å². The van der Waals surface area contributed by atoms with Crippen LogP contribution in [0.4, 0.5) is 5.69 Å². The number of benzene rings is 1. The Labute approximate surface area is 108 Å². The molecule has 0 radical (unpaired) electrons. The van der Waals surface area contributed by atoms with Gasteiger partial charge >= 0.3 is 0 Å². The summed E-state index contributed by atoms with van der Waals surface area (Å²) >= 11 is 0. The van der Waals surface area contributed by atoms with Crippen molar-refractivity contribution in [3.05, 3.63) is 23.3 Å². The zero-order valence-corrected chi connectivity index (χ0v) is 11.4. The van der Waals surface area contributed by atoms with E-state index in [2.05, 4.69) is 0 Å². The minimum atomic E-state index is -0.829. The Morgan fingerprint density at radius 2 is 1.89 bits per heavy atom. The molecule has 0 bridgehead atoms. The molecule has 0 aromatic heterocycles. The van der Waals surface area contributed by atoms with Gasteiger partial charge in [0.05, 0.1) is 5.69 Å². The fraction of sp³-hybridized carbons (Fsp3) is 0.500. The maximum atomic E-state index is 12.3. The minimum Gasteiger partial charge on any atom is -0.476 e. The van der Waals surface area contributed by atoms with Gasteiger partial charge in [0.2, 0.25) is 0 Å². The molecule has 98 valence electrons. The van der Waals surface area contributed by atoms with E-state index >= 15 is 0 Å². The number of amides is 1. The molecule has 1 aliphatic heterocycles. The first kappa shape index (κ1) is 12.9. The third-order valence-corrected chi connectivity index (χ3v) is 3.34. The SMILES string of the molecule is Cc1cc2c(cc1C)N(CCN)C(=O)C(C)(C)O2. The summed E-state index contributed by atoms with van der Waals surface area (Å²) in [5.41, 5.74) is 7.90. The molecule has 1 aliphatic rings. The zero-order valence-electron chi connectivity index (χ0n) is 11.4. The van der Waals surface area contributed by atoms with Crippen LogP contribution in [0.25, 0.3) is 0 Å². The first-order valence-electron chi connectivity index (χ1n) is 6.19. The Hall–Kier alpha value is -1.55. The minimum absolute atomic E-state index is 0.0382. The highest BCUT2D eigenvalue weighted by molar-refractivity contribution is 6.02. The monoisotopic (exact) mass is 248 g/mol. The first-order chi connectivity index (χ1) is 8.36. The van der Waals surface area contributed by atoms with Crippen LogP contribution in [0.5, 0.6) is 5.75 Å². The molecule has 2 N–H and O–H groups in total. The van der Waals surface area contributed by atoms with E-state index in [4.69, 9.17) is 10.5 Å². The fourth-order valence-electron chi connectivity index (χ4n) is 2.17. The highest BCUT2D eigenvalue weighted by Crippen LogP contribution is 2.39. The van der Waals surface area contributed by atoms with Crippen molar-refractivity contribution in [1.29, 1.82) is 0 Å². The summed E-state index contributed by atoms with van der Waals surface area (Å²) < 4.78 is 5.81. The molecule has 0 spiro atoms. The molecule has 0 unspecified atom stereocenters. The van der Waals surface area contributed by atoms with Gasteiger partial charge < -0.3 is 15.4 Å². The molecule has 0 fully saturated rings. The van der Waals surface area contributed by atoms with Gasteiger partial charge in [0.15, 0.2) is 5.60 Å². The normalized spacial score (nSPS) is 17.4. The Kier molecular flexibility index (Phi) is 3.07. The summed E-state index contributed by atoms with van der Waals surface area (Å²) in [5.74, 6) is 0.722. The standard InChI is InChI=1S/C14H20N2O2/c1-9-7-11-12(8-10(9)2)18-14(3,4)13(17)16(11)6-5-15/h7-8H,5-6,15H2,1-4H3. The van der Waals surface area contributed by atoms with Gasteiger partial charge in [-0.3, -0.25) is 4.79 Å². The van der Waals surface area contributed by atoms with Crippen LogP contribution in [0, 0.1) is 13.8 Å². The quantitative estimate of drug-likeness (QED) is 0.867. The Morgan fingerprint density at radius 1 is 1.28 bits per heavy atom. The molecule has 0 saturated carbocycles. The third-order valence-electron chi connectivity index (χ3n) is 3.34. The average Bonchev–Trinajstić information content (AvgIpc) is 2.28. The summed E-state index contributed by atoms with van der Waals surface area (Å²) in [5, 5.41) is 0. The summed E-state index contributed by atoms with van der Waals surface area (Å²) in [6.45, 7) is 8.60. The van der Waals surface area contributed by atoms with E-state index in [1.54, 1.807) is 18.7 Å². The molecular weight excluding hydrogens is 228 g/mol. The van der Waals surface area contributed by atoms with Crippen molar-refractivity contribution < 1.29 is 9.53 Å². The van der Waals surface area contributed by atoms with Gasteiger partial charge in [0.1, 0.15) is 5.75 Å². The number of anilines is 1. The molecule has 4 nitrogen and oxygen atoms in total. The van der Waals surface area contributed by atoms with Crippen molar-refractivity contribution in [2.24, 2.45) is 5.73 Å². The summed E-state index contributed by atoms with van der Waals surface area (Å²) in [4.78, 5) is 14.1. The van der Waals surface area contributed by atoms with Crippen molar-refractivity contribution in [3.63, 3.8) is 0 Å². The lowest BCUT2D eigenvalue weighted by Gasteiger charge is -2.39. The van der Waals surface area contributed by atoms with Gasteiger partial charge in [0, 0.05) is 13.1 Å². The molecule has 0 saturated heterocycles. The fourth-order valence-corrected chi connectivity index (χ4v) is 2.17. The van der Waals surface area contributed by atoms with Gasteiger partial charge in [-0.05, 0) is 51.0 Å². The highest BCUT2D eigenvalue weighted by atomic mass is 16.5. The summed E-state index contributed by atoms with van der Waals surface area (Å²) in [7, 11) is 0. The number of carbonyl (C=O) groups excluding carboxylic acids is 1. The number of fused-ring (bicyclic) bond motifs is 1. The van der Waals surface area contributed by atoms with E-state index in [0.717, 1.165) is 22.6 Å². The molecule has 4 heteroatoms. The second-order valence-corrected chi connectivity index (χ2v) is 5.26. The first-order valence-corrected chi connectivity index (χ1v) is 6.19. The van der Waals surface area contributed by atoms with Crippen LogP contribution in [0.1, 0.15) is 25.0 Å². The van der Waals surface area contributed by atoms with Crippen LogP contribution in [-0.2, 0) is 4.79 Å². The predicted molar refractivity (Wildman–Crippen MR) is 72.0 cm³/mol. The maximum absolute atomic E-state index is 12.3. The summed E-state index contributed by atoms with van der Waals surface area (Å²) in [6.07, 6.45) is 0. The predicted octanol–water partition coefficient (Wildman–Crippen LogP) is 1.77. The van der Waals surface area contributed by atoms with Crippen molar-refractivity contribution in [3.8, 4) is 5.75 Å². The Morgan fingerprint density at radius 3 is 2.50 bits per heavy atom. The van der Waals surface area contributed by atoms with Crippen LogP contribution in [0.3, 0.4) is 0 Å². The number of hydrogen-bond donors (Lipinski definition) is 1. The zero-order chi connectivity index (χ0) is 13.5. The van der Waals surface area contributed by atoms with Crippen LogP contribution >= 0.6 is 0 Å². The van der Waals surface area contributed by atoms with E-state index in [-0.39, 0.29) is 5.91 Å². The molecule has 0 aliphatic carbocycles. The lowest BCUT2D eigenvalue weighted by atomic mass is 10.0. The van der Waals surface area contributed by atoms with E-state index in [1.165, 1.54) is 0 Å². The number of aryl methyl sites for hydroxylation is 2. The van der Waals surface area contributed by atoms with E-state index in [9.17, 15) is 4.79 Å². The second-order valence-electron chi connectivity index (χ2n) is 5.26. The van der Waals surface area contributed by atoms with Gasteiger partial charge in [-0.25, -0.2) is 0 Å². The largest absolute Gasteiger partial charge is 0.476 e. The van der Waals surface area contributed by atoms with E-state index < -0.39 is 5.60 Å². The number of nitrogens with zero attached hydrogens (tertiary/aromatic N) is 1. The van der Waals surface area contributed by atoms with Crippen molar-refractivity contribution >= 4 is 11.6 Å². The summed E-state index contributed by atoms with van der Waals surface area (Å²) in [6, 6.07) is 3.98. The van der Waals surface area contributed by atoms with Crippen LogP contribution in [-0.4, -0.2) is 24.6 Å². The number of rotatable bonds is 2. The second kappa shape index (κ2) is 4.28. The molecule has 1 heterocycles. The number of nitrogens with two attached hydrogens (primary N) is 1. The molecule has 1 aromatic carbocycles. The van der Waals surface area contributed by atoms with Crippen LogP contribution < -0.4 is 15.4 Å². The van der Waals surface area contributed by atoms with Crippen LogP contribution in [0.2, 0.25) is 0 Å². The van der Waals surface area contributed by atoms with Gasteiger partial charge in [-0.1, -0.05) is 0 Å². The smallest absolute Gasteiger partial charge is 0.270 e. The lowest BCUT2D eigenvalue weighted by molar-refractivity contribution is -0.132. The topological polar surface area (TPSA) is 55.6 Å². The van der Waals surface area contributed by atoms with E-state index in [1.807, 2.05) is 26.0 Å². The average molecular weight is 248 g/mol. The van der Waals surface area contributed by atoms with Crippen molar-refractivity contribution in [2.75, 3.05) is 18.0 Å². The lowest BCUT2D eigenvalue weighted by Crippen LogP contribution is -2.53. The van der Waals surface area contributed by atoms with Gasteiger partial charge in [-0.2, -0.15) is 0 Å². The molecule has 0 atom stereocenters. The maximum Gasteiger partial charge on any atom is 0.270 e. The molecule has 1 amide bonds. The number of carbonyl (C=O) groups is 1. The Balaban J connectivity index is 2.56. The molecule has 1 aromatic rings. The van der Waals surface area contributed by atoms with Crippen molar-refractivity contribution in [2.45, 2.75) is 33.3 Å². The van der Waals surface area contributed by atoms with E-state index in [0.29, 0.717) is 13.1 Å².